The summed E-state index contributed by atoms with van der Waals surface area (Å²) in [5.74, 6) is 1.50. The Morgan fingerprint density at radius 3 is 2.33 bits per heavy atom. The molecule has 0 fully saturated rings. The molecule has 0 aliphatic heterocycles. The average Bonchev–Trinajstić information content (AvgIpc) is 2.02. The minimum atomic E-state index is 0.713. The summed E-state index contributed by atoms with van der Waals surface area (Å²) in [5.41, 5.74) is 0. The highest BCUT2D eigenvalue weighted by Gasteiger charge is 2.05. The zero-order chi connectivity index (χ0) is 9.40. The van der Waals surface area contributed by atoms with Crippen LogP contribution in [0.1, 0.15) is 39.5 Å². The van der Waals surface area contributed by atoms with Crippen LogP contribution in [0.2, 0.25) is 0 Å². The van der Waals surface area contributed by atoms with Gasteiger partial charge in [0.15, 0.2) is 0 Å². The van der Waals surface area contributed by atoms with E-state index in [9.17, 15) is 0 Å². The van der Waals surface area contributed by atoms with Crippen LogP contribution in [-0.4, -0.2) is 0 Å². The van der Waals surface area contributed by atoms with Gasteiger partial charge in [-0.3, -0.25) is 0 Å². The molecule has 0 nitrogen and oxygen atoms in total. The van der Waals surface area contributed by atoms with Gasteiger partial charge in [-0.25, -0.2) is 0 Å². The largest absolute Gasteiger partial charge is 0.103 e. The summed E-state index contributed by atoms with van der Waals surface area (Å²) in [6.45, 7) is 12.1. The topological polar surface area (TPSA) is 0 Å². The SMILES string of the molecule is C=CCCCC(C=C)CC(C)C. The lowest BCUT2D eigenvalue weighted by Gasteiger charge is -2.13. The van der Waals surface area contributed by atoms with E-state index in [0.29, 0.717) is 5.92 Å². The fraction of sp³-hybridized carbons (Fsp3) is 0.667. The lowest BCUT2D eigenvalue weighted by atomic mass is 9.92. The first kappa shape index (κ1) is 11.5. The van der Waals surface area contributed by atoms with E-state index >= 15 is 0 Å². The molecule has 1 unspecified atom stereocenters. The summed E-state index contributed by atoms with van der Waals surface area (Å²) in [5, 5.41) is 0. The molecule has 0 aromatic carbocycles. The van der Waals surface area contributed by atoms with Crippen LogP contribution >= 0.6 is 0 Å². The number of unbranched alkanes of at least 4 members (excludes halogenated alkanes) is 1. The Morgan fingerprint density at radius 2 is 1.92 bits per heavy atom. The molecule has 1 atom stereocenters. The van der Waals surface area contributed by atoms with Crippen molar-refractivity contribution >= 4 is 0 Å². The van der Waals surface area contributed by atoms with Crippen LogP contribution in [0.4, 0.5) is 0 Å². The van der Waals surface area contributed by atoms with E-state index < -0.39 is 0 Å². The second kappa shape index (κ2) is 7.15. The van der Waals surface area contributed by atoms with E-state index in [1.54, 1.807) is 0 Å². The molecule has 0 rings (SSSR count). The Bertz CT molecular complexity index is 122. The van der Waals surface area contributed by atoms with E-state index in [-0.39, 0.29) is 0 Å². The molecule has 0 aliphatic rings. The van der Waals surface area contributed by atoms with E-state index in [2.05, 4.69) is 33.1 Å². The Balaban J connectivity index is 3.52. The van der Waals surface area contributed by atoms with Gasteiger partial charge < -0.3 is 0 Å². The lowest BCUT2D eigenvalue weighted by Crippen LogP contribution is -2.00. The molecule has 0 aromatic heterocycles. The highest BCUT2D eigenvalue weighted by molar-refractivity contribution is 4.80. The lowest BCUT2D eigenvalue weighted by molar-refractivity contribution is 0.443. The third kappa shape index (κ3) is 6.21. The Kier molecular flexibility index (Phi) is 6.84. The number of hydrogen-bond acceptors (Lipinski definition) is 0. The van der Waals surface area contributed by atoms with Crippen molar-refractivity contribution in [3.63, 3.8) is 0 Å². The van der Waals surface area contributed by atoms with Crippen LogP contribution in [0.3, 0.4) is 0 Å². The predicted molar refractivity (Wildman–Crippen MR) is 57.2 cm³/mol. The number of allylic oxidation sites excluding steroid dienone is 2. The first-order chi connectivity index (χ1) is 5.70. The van der Waals surface area contributed by atoms with Crippen LogP contribution in [0.15, 0.2) is 25.3 Å². The van der Waals surface area contributed by atoms with Crippen LogP contribution in [-0.2, 0) is 0 Å². The van der Waals surface area contributed by atoms with Gasteiger partial charge in [0.1, 0.15) is 0 Å². The van der Waals surface area contributed by atoms with Crippen molar-refractivity contribution < 1.29 is 0 Å². The molecule has 0 saturated heterocycles. The summed E-state index contributed by atoms with van der Waals surface area (Å²) in [7, 11) is 0. The maximum Gasteiger partial charge on any atom is -0.0234 e. The van der Waals surface area contributed by atoms with Crippen molar-refractivity contribution in [3.8, 4) is 0 Å². The molecule has 0 N–H and O–H groups in total. The maximum absolute atomic E-state index is 3.87. The Labute approximate surface area is 77.4 Å². The minimum Gasteiger partial charge on any atom is -0.103 e. The van der Waals surface area contributed by atoms with Crippen molar-refractivity contribution in [2.45, 2.75) is 39.5 Å². The van der Waals surface area contributed by atoms with E-state index in [0.717, 1.165) is 12.3 Å². The second-order valence-corrected chi connectivity index (χ2v) is 3.84. The molecular weight excluding hydrogens is 144 g/mol. The van der Waals surface area contributed by atoms with E-state index in [1.165, 1.54) is 19.3 Å². The normalized spacial score (nSPS) is 12.9. The fourth-order valence-electron chi connectivity index (χ4n) is 1.46. The van der Waals surface area contributed by atoms with E-state index in [4.69, 9.17) is 0 Å². The van der Waals surface area contributed by atoms with Gasteiger partial charge in [-0.15, -0.1) is 13.2 Å². The molecule has 0 aliphatic carbocycles. The van der Waals surface area contributed by atoms with Crippen LogP contribution < -0.4 is 0 Å². The van der Waals surface area contributed by atoms with E-state index in [1.807, 2.05) is 6.08 Å². The summed E-state index contributed by atoms with van der Waals surface area (Å²) in [6.07, 6.45) is 9.04. The highest BCUT2D eigenvalue weighted by atomic mass is 14.1. The van der Waals surface area contributed by atoms with Crippen molar-refractivity contribution in [2.24, 2.45) is 11.8 Å². The third-order valence-corrected chi connectivity index (χ3v) is 2.09. The monoisotopic (exact) mass is 166 g/mol. The van der Waals surface area contributed by atoms with Gasteiger partial charge in [0.05, 0.1) is 0 Å². The summed E-state index contributed by atoms with van der Waals surface area (Å²) in [4.78, 5) is 0. The summed E-state index contributed by atoms with van der Waals surface area (Å²) in [6, 6.07) is 0. The van der Waals surface area contributed by atoms with Crippen LogP contribution in [0, 0.1) is 11.8 Å². The molecule has 12 heavy (non-hydrogen) atoms. The molecule has 0 heteroatoms. The zero-order valence-electron chi connectivity index (χ0n) is 8.55. The van der Waals surface area contributed by atoms with Gasteiger partial charge in [0, 0.05) is 0 Å². The molecular formula is C12H22. The zero-order valence-corrected chi connectivity index (χ0v) is 8.55. The van der Waals surface area contributed by atoms with Gasteiger partial charge in [-0.05, 0) is 37.5 Å². The van der Waals surface area contributed by atoms with Crippen molar-refractivity contribution in [1.82, 2.24) is 0 Å². The van der Waals surface area contributed by atoms with Gasteiger partial charge in [0.2, 0.25) is 0 Å². The van der Waals surface area contributed by atoms with Crippen molar-refractivity contribution in [1.29, 1.82) is 0 Å². The third-order valence-electron chi connectivity index (χ3n) is 2.09. The minimum absolute atomic E-state index is 0.713. The van der Waals surface area contributed by atoms with Crippen molar-refractivity contribution in [3.05, 3.63) is 25.3 Å². The summed E-state index contributed by atoms with van der Waals surface area (Å²) >= 11 is 0. The van der Waals surface area contributed by atoms with Crippen LogP contribution in [0.25, 0.3) is 0 Å². The maximum atomic E-state index is 3.87. The molecule has 70 valence electrons. The molecule has 0 aromatic rings. The molecule has 0 amide bonds. The Morgan fingerprint density at radius 1 is 1.25 bits per heavy atom. The molecule has 0 radical (unpaired) electrons. The van der Waals surface area contributed by atoms with Gasteiger partial charge in [0.25, 0.3) is 0 Å². The van der Waals surface area contributed by atoms with Gasteiger partial charge >= 0.3 is 0 Å². The fourth-order valence-corrected chi connectivity index (χ4v) is 1.46. The highest BCUT2D eigenvalue weighted by Crippen LogP contribution is 2.18. The number of hydrogen-bond donors (Lipinski definition) is 0. The molecule has 0 bridgehead atoms. The molecule has 0 spiro atoms. The van der Waals surface area contributed by atoms with Crippen LogP contribution in [0.5, 0.6) is 0 Å². The predicted octanol–water partition coefficient (Wildman–Crippen LogP) is 4.19. The first-order valence-electron chi connectivity index (χ1n) is 4.94. The van der Waals surface area contributed by atoms with Gasteiger partial charge in [-0.2, -0.15) is 0 Å². The quantitative estimate of drug-likeness (QED) is 0.393. The smallest absolute Gasteiger partial charge is 0.0234 e. The molecule has 0 heterocycles. The average molecular weight is 166 g/mol. The molecule has 0 saturated carbocycles. The second-order valence-electron chi connectivity index (χ2n) is 3.84. The first-order valence-corrected chi connectivity index (χ1v) is 4.94. The van der Waals surface area contributed by atoms with Gasteiger partial charge in [-0.1, -0.05) is 26.0 Å². The Hall–Kier alpha value is -0.520. The number of rotatable bonds is 7. The standard InChI is InChI=1S/C12H22/c1-5-7-8-9-12(6-2)10-11(3)4/h5-6,11-12H,1-2,7-10H2,3-4H3. The van der Waals surface area contributed by atoms with Crippen molar-refractivity contribution in [2.75, 3.05) is 0 Å². The summed E-state index contributed by atoms with van der Waals surface area (Å²) < 4.78 is 0.